The topological polar surface area (TPSA) is 78.8 Å². The molecule has 0 aliphatic heterocycles. The van der Waals surface area contributed by atoms with E-state index in [1.807, 2.05) is 31.2 Å². The lowest BCUT2D eigenvalue weighted by Gasteiger charge is -2.23. The van der Waals surface area contributed by atoms with E-state index in [0.29, 0.717) is 16.8 Å². The number of sulfonamides is 1. The molecule has 0 radical (unpaired) electrons. The molecule has 0 atom stereocenters. The Bertz CT molecular complexity index is 1190. The number of hydrazone groups is 1. The predicted octanol–water partition coefficient (Wildman–Crippen LogP) is 3.86. The van der Waals surface area contributed by atoms with Crippen LogP contribution in [0.1, 0.15) is 27.0 Å². The van der Waals surface area contributed by atoms with Gasteiger partial charge < -0.3 is 0 Å². The number of aryl methyl sites for hydroxylation is 1. The van der Waals surface area contributed by atoms with Crippen molar-refractivity contribution >= 4 is 27.8 Å². The van der Waals surface area contributed by atoms with E-state index in [-0.39, 0.29) is 12.4 Å². The van der Waals surface area contributed by atoms with Crippen LogP contribution in [0.2, 0.25) is 0 Å². The summed E-state index contributed by atoms with van der Waals surface area (Å²) in [7, 11) is -3.53. The van der Waals surface area contributed by atoms with E-state index in [2.05, 4.69) is 10.5 Å². The molecule has 0 heterocycles. The lowest BCUT2D eigenvalue weighted by atomic mass is 10.1. The molecule has 3 aromatic carbocycles. The Balaban J connectivity index is 1.72. The van der Waals surface area contributed by atoms with Crippen molar-refractivity contribution in [2.24, 2.45) is 5.10 Å². The van der Waals surface area contributed by atoms with Crippen LogP contribution in [0.5, 0.6) is 0 Å². The fourth-order valence-electron chi connectivity index (χ4n) is 2.90. The average molecular weight is 440 g/mol. The highest BCUT2D eigenvalue weighted by Gasteiger charge is 2.19. The molecule has 0 unspecified atom stereocenters. The van der Waals surface area contributed by atoms with Gasteiger partial charge in [-0.1, -0.05) is 36.4 Å². The maximum Gasteiger partial charge on any atom is 0.271 e. The van der Waals surface area contributed by atoms with Crippen LogP contribution >= 0.6 is 0 Å². The number of rotatable bonds is 7. The van der Waals surface area contributed by atoms with Gasteiger partial charge in [-0.25, -0.2) is 18.2 Å². The standard InChI is InChI=1S/C23H22FN3O3S/c1-17-5-3-4-6-20(17)16-27(31(2,29)30)22-13-9-19(10-14-22)23(28)26-25-15-18-7-11-21(24)12-8-18/h3-15H,16H2,1-2H3,(H,26,28)/b25-15-. The van der Waals surface area contributed by atoms with Gasteiger partial charge in [-0.15, -0.1) is 0 Å². The molecular weight excluding hydrogens is 417 g/mol. The first-order valence-electron chi connectivity index (χ1n) is 9.45. The summed E-state index contributed by atoms with van der Waals surface area (Å²) in [6.07, 6.45) is 2.55. The van der Waals surface area contributed by atoms with E-state index in [1.165, 1.54) is 46.9 Å². The molecular formula is C23H22FN3O3S. The molecule has 0 aromatic heterocycles. The van der Waals surface area contributed by atoms with Crippen LogP contribution in [0, 0.1) is 12.7 Å². The van der Waals surface area contributed by atoms with Gasteiger partial charge in [0.2, 0.25) is 10.0 Å². The molecule has 31 heavy (non-hydrogen) atoms. The second-order valence-corrected chi connectivity index (χ2v) is 8.90. The first-order valence-corrected chi connectivity index (χ1v) is 11.3. The van der Waals surface area contributed by atoms with Gasteiger partial charge in [0.25, 0.3) is 5.91 Å². The molecule has 0 saturated heterocycles. The second-order valence-electron chi connectivity index (χ2n) is 6.99. The Labute approximate surface area is 181 Å². The van der Waals surface area contributed by atoms with Gasteiger partial charge in [-0.05, 0) is 60.0 Å². The van der Waals surface area contributed by atoms with Crippen molar-refractivity contribution in [3.8, 4) is 0 Å². The van der Waals surface area contributed by atoms with Crippen molar-refractivity contribution in [1.29, 1.82) is 0 Å². The number of anilines is 1. The third-order valence-electron chi connectivity index (χ3n) is 4.64. The number of hydrogen-bond donors (Lipinski definition) is 1. The van der Waals surface area contributed by atoms with Crippen LogP contribution in [0.4, 0.5) is 10.1 Å². The van der Waals surface area contributed by atoms with Crippen molar-refractivity contribution in [2.45, 2.75) is 13.5 Å². The molecule has 3 rings (SSSR count). The van der Waals surface area contributed by atoms with Crippen molar-refractivity contribution < 1.29 is 17.6 Å². The van der Waals surface area contributed by atoms with Gasteiger partial charge in [0, 0.05) is 5.56 Å². The zero-order valence-electron chi connectivity index (χ0n) is 17.1. The summed E-state index contributed by atoms with van der Waals surface area (Å²) in [4.78, 5) is 12.3. The van der Waals surface area contributed by atoms with Crippen molar-refractivity contribution in [3.63, 3.8) is 0 Å². The van der Waals surface area contributed by atoms with Gasteiger partial charge in [0.05, 0.1) is 24.7 Å². The molecule has 1 N–H and O–H groups in total. The quantitative estimate of drug-likeness (QED) is 0.448. The molecule has 0 saturated carbocycles. The van der Waals surface area contributed by atoms with E-state index in [0.717, 1.165) is 17.4 Å². The summed E-state index contributed by atoms with van der Waals surface area (Å²) >= 11 is 0. The van der Waals surface area contributed by atoms with Crippen LogP contribution in [0.25, 0.3) is 0 Å². The van der Waals surface area contributed by atoms with Crippen LogP contribution < -0.4 is 9.73 Å². The molecule has 0 spiro atoms. The van der Waals surface area contributed by atoms with E-state index in [4.69, 9.17) is 0 Å². The van der Waals surface area contributed by atoms with Crippen LogP contribution in [0.3, 0.4) is 0 Å². The lowest BCUT2D eigenvalue weighted by molar-refractivity contribution is 0.0955. The number of nitrogens with zero attached hydrogens (tertiary/aromatic N) is 2. The Morgan fingerprint density at radius 2 is 1.68 bits per heavy atom. The molecule has 6 nitrogen and oxygen atoms in total. The monoisotopic (exact) mass is 439 g/mol. The SMILES string of the molecule is Cc1ccccc1CN(c1ccc(C(=O)N/N=C\c2ccc(F)cc2)cc1)S(C)(=O)=O. The smallest absolute Gasteiger partial charge is 0.267 e. The van der Waals surface area contributed by atoms with E-state index in [1.54, 1.807) is 12.1 Å². The maximum absolute atomic E-state index is 12.9. The Kier molecular flexibility index (Phi) is 6.81. The fourth-order valence-corrected chi connectivity index (χ4v) is 3.78. The Morgan fingerprint density at radius 1 is 1.03 bits per heavy atom. The zero-order chi connectivity index (χ0) is 22.4. The number of nitrogens with one attached hydrogen (secondary N) is 1. The van der Waals surface area contributed by atoms with E-state index >= 15 is 0 Å². The summed E-state index contributed by atoms with van der Waals surface area (Å²) in [6, 6.07) is 19.5. The predicted molar refractivity (Wildman–Crippen MR) is 120 cm³/mol. The number of carbonyl (C=O) groups is 1. The fraction of sp³-hybridized carbons (Fsp3) is 0.130. The second kappa shape index (κ2) is 9.53. The van der Waals surface area contributed by atoms with Gasteiger partial charge in [0.15, 0.2) is 0 Å². The highest BCUT2D eigenvalue weighted by Crippen LogP contribution is 2.22. The molecule has 8 heteroatoms. The Morgan fingerprint density at radius 3 is 2.29 bits per heavy atom. The third-order valence-corrected chi connectivity index (χ3v) is 5.78. The van der Waals surface area contributed by atoms with E-state index < -0.39 is 15.9 Å². The number of halogens is 1. The average Bonchev–Trinajstić information content (AvgIpc) is 2.74. The number of hydrogen-bond acceptors (Lipinski definition) is 4. The normalized spacial score (nSPS) is 11.5. The van der Waals surface area contributed by atoms with Crippen molar-refractivity contribution in [3.05, 3.63) is 101 Å². The highest BCUT2D eigenvalue weighted by molar-refractivity contribution is 7.92. The summed E-state index contributed by atoms with van der Waals surface area (Å²) < 4.78 is 38.9. The number of carbonyl (C=O) groups excluding carboxylic acids is 1. The van der Waals surface area contributed by atoms with Crippen LogP contribution in [-0.4, -0.2) is 26.8 Å². The summed E-state index contributed by atoms with van der Waals surface area (Å²) in [6.45, 7) is 2.12. The zero-order valence-corrected chi connectivity index (χ0v) is 17.9. The number of amides is 1. The minimum absolute atomic E-state index is 0.193. The Hall–Kier alpha value is -3.52. The molecule has 1 amide bonds. The van der Waals surface area contributed by atoms with Crippen LogP contribution in [0.15, 0.2) is 77.9 Å². The summed E-state index contributed by atoms with van der Waals surface area (Å²) in [5.41, 5.74) is 5.69. The van der Waals surface area contributed by atoms with Gasteiger partial charge in [0.1, 0.15) is 5.82 Å². The largest absolute Gasteiger partial charge is 0.271 e. The molecule has 0 aliphatic carbocycles. The van der Waals surface area contributed by atoms with Crippen molar-refractivity contribution in [2.75, 3.05) is 10.6 Å². The van der Waals surface area contributed by atoms with E-state index in [9.17, 15) is 17.6 Å². The first kappa shape index (κ1) is 22.2. The molecule has 0 bridgehead atoms. The van der Waals surface area contributed by atoms with Gasteiger partial charge in [-0.3, -0.25) is 9.10 Å². The highest BCUT2D eigenvalue weighted by atomic mass is 32.2. The lowest BCUT2D eigenvalue weighted by Crippen LogP contribution is -2.29. The molecule has 0 aliphatic rings. The molecule has 160 valence electrons. The minimum Gasteiger partial charge on any atom is -0.267 e. The van der Waals surface area contributed by atoms with Crippen LogP contribution in [-0.2, 0) is 16.6 Å². The number of benzene rings is 3. The third kappa shape index (κ3) is 5.99. The van der Waals surface area contributed by atoms with Gasteiger partial charge >= 0.3 is 0 Å². The molecule has 0 fully saturated rings. The minimum atomic E-state index is -3.53. The first-order chi connectivity index (χ1) is 14.7. The van der Waals surface area contributed by atoms with Crippen molar-refractivity contribution in [1.82, 2.24) is 5.43 Å². The summed E-state index contributed by atoms with van der Waals surface area (Å²) in [5.74, 6) is -0.804. The molecule has 3 aromatic rings. The van der Waals surface area contributed by atoms with Gasteiger partial charge in [-0.2, -0.15) is 5.10 Å². The summed E-state index contributed by atoms with van der Waals surface area (Å²) in [5, 5.41) is 3.86. The maximum atomic E-state index is 12.9.